The summed E-state index contributed by atoms with van der Waals surface area (Å²) in [7, 11) is 3.24. The minimum absolute atomic E-state index is 0. The molecule has 0 aliphatic heterocycles. The van der Waals surface area contributed by atoms with E-state index in [0.717, 1.165) is 11.3 Å². The topological polar surface area (TPSA) is 62.3 Å². The maximum absolute atomic E-state index is 5.61. The Hall–Kier alpha value is -1.88. The molecule has 0 spiro atoms. The number of ether oxygens (including phenoxy) is 2. The number of nitrogens with two attached hydrogens (primary N) is 1. The number of nitrogen functional groups attached to an aromatic ring is 1. The van der Waals surface area contributed by atoms with E-state index >= 15 is 0 Å². The van der Waals surface area contributed by atoms with Gasteiger partial charge in [-0.1, -0.05) is 6.07 Å². The molecule has 0 bridgehead atoms. The molecule has 2 rings (SSSR count). The summed E-state index contributed by atoms with van der Waals surface area (Å²) >= 11 is 0. The van der Waals surface area contributed by atoms with Crippen molar-refractivity contribution < 1.29 is 9.47 Å². The van der Waals surface area contributed by atoms with E-state index < -0.39 is 0 Å². The van der Waals surface area contributed by atoms with E-state index in [0.29, 0.717) is 18.0 Å². The van der Waals surface area contributed by atoms with Crippen molar-refractivity contribution in [3.63, 3.8) is 0 Å². The zero-order valence-corrected chi connectivity index (χ0v) is 11.1. The van der Waals surface area contributed by atoms with Crippen LogP contribution in [0.3, 0.4) is 0 Å². The van der Waals surface area contributed by atoms with Crippen molar-refractivity contribution >= 4 is 18.1 Å². The van der Waals surface area contributed by atoms with E-state index in [1.165, 1.54) is 0 Å². The summed E-state index contributed by atoms with van der Waals surface area (Å²) in [6.45, 7) is 0.650. The summed E-state index contributed by atoms with van der Waals surface area (Å²) in [5.74, 6) is 1.43. The van der Waals surface area contributed by atoms with Crippen LogP contribution in [0.4, 0.5) is 5.69 Å². The zero-order chi connectivity index (χ0) is 12.3. The molecule has 98 valence electrons. The number of halogens is 1. The minimum Gasteiger partial charge on any atom is -0.493 e. The van der Waals surface area contributed by atoms with Crippen molar-refractivity contribution in [2.24, 2.45) is 0 Å². The third kappa shape index (κ3) is 3.07. The van der Waals surface area contributed by atoms with Gasteiger partial charge in [0.1, 0.15) is 0 Å². The summed E-state index contributed by atoms with van der Waals surface area (Å²) in [6.07, 6.45) is 3.41. The number of hydrogen-bond acceptors (Lipinski definition) is 4. The van der Waals surface area contributed by atoms with Gasteiger partial charge in [0.2, 0.25) is 0 Å². The fourth-order valence-corrected chi connectivity index (χ4v) is 1.63. The lowest BCUT2D eigenvalue weighted by atomic mass is 10.2. The Morgan fingerprint density at radius 2 is 1.94 bits per heavy atom. The molecule has 0 unspecified atom stereocenters. The van der Waals surface area contributed by atoms with Crippen molar-refractivity contribution in [1.29, 1.82) is 0 Å². The van der Waals surface area contributed by atoms with Crippen molar-refractivity contribution in [2.75, 3.05) is 20.0 Å². The summed E-state index contributed by atoms with van der Waals surface area (Å²) in [6, 6.07) is 5.77. The van der Waals surface area contributed by atoms with Gasteiger partial charge in [-0.3, -0.25) is 4.68 Å². The largest absolute Gasteiger partial charge is 0.493 e. The van der Waals surface area contributed by atoms with E-state index in [9.17, 15) is 0 Å². The molecule has 0 aliphatic carbocycles. The predicted molar refractivity (Wildman–Crippen MR) is 72.5 cm³/mol. The van der Waals surface area contributed by atoms with Crippen LogP contribution < -0.4 is 15.2 Å². The van der Waals surface area contributed by atoms with Crippen LogP contribution in [0.5, 0.6) is 11.5 Å². The fraction of sp³-hybridized carbons (Fsp3) is 0.250. The zero-order valence-electron chi connectivity index (χ0n) is 10.3. The number of benzene rings is 1. The smallest absolute Gasteiger partial charge is 0.161 e. The molecule has 2 N–H and O–H groups in total. The average Bonchev–Trinajstić information content (AvgIpc) is 2.74. The van der Waals surface area contributed by atoms with Crippen molar-refractivity contribution in [2.45, 2.75) is 6.54 Å². The second-order valence-electron chi connectivity index (χ2n) is 3.66. The lowest BCUT2D eigenvalue weighted by molar-refractivity contribution is 0.354. The van der Waals surface area contributed by atoms with Gasteiger partial charge in [0.15, 0.2) is 11.5 Å². The van der Waals surface area contributed by atoms with Crippen molar-refractivity contribution in [3.8, 4) is 11.5 Å². The first-order valence-electron chi connectivity index (χ1n) is 5.21. The van der Waals surface area contributed by atoms with Crippen LogP contribution in [0.15, 0.2) is 30.6 Å². The summed E-state index contributed by atoms with van der Waals surface area (Å²) < 4.78 is 12.2. The van der Waals surface area contributed by atoms with Gasteiger partial charge in [0.05, 0.1) is 32.6 Å². The number of methoxy groups -OCH3 is 2. The SMILES string of the molecule is COc1ccc(Cn2cc(N)cn2)cc1OC.Cl. The van der Waals surface area contributed by atoms with E-state index in [4.69, 9.17) is 15.2 Å². The van der Waals surface area contributed by atoms with Gasteiger partial charge in [0, 0.05) is 6.20 Å². The predicted octanol–water partition coefficient (Wildman–Crippen LogP) is 1.95. The number of rotatable bonds is 4. The molecule has 0 fully saturated rings. The number of aromatic nitrogens is 2. The van der Waals surface area contributed by atoms with E-state index in [1.807, 2.05) is 18.2 Å². The van der Waals surface area contributed by atoms with Crippen LogP contribution in [0, 0.1) is 0 Å². The van der Waals surface area contributed by atoms with Crippen LogP contribution in [-0.2, 0) is 6.54 Å². The Morgan fingerprint density at radius 3 is 2.50 bits per heavy atom. The maximum atomic E-state index is 5.61. The summed E-state index contributed by atoms with van der Waals surface area (Å²) in [5, 5.41) is 4.13. The maximum Gasteiger partial charge on any atom is 0.161 e. The molecule has 0 radical (unpaired) electrons. The average molecular weight is 270 g/mol. The van der Waals surface area contributed by atoms with E-state index in [1.54, 1.807) is 31.3 Å². The highest BCUT2D eigenvalue weighted by Crippen LogP contribution is 2.27. The third-order valence-electron chi connectivity index (χ3n) is 2.45. The van der Waals surface area contributed by atoms with Crippen molar-refractivity contribution in [3.05, 3.63) is 36.2 Å². The Bertz CT molecular complexity index is 514. The van der Waals surface area contributed by atoms with Gasteiger partial charge in [0.25, 0.3) is 0 Å². The molecule has 0 atom stereocenters. The van der Waals surface area contributed by atoms with Gasteiger partial charge in [-0.25, -0.2) is 0 Å². The Kier molecular flexibility index (Phi) is 4.85. The Morgan fingerprint density at radius 1 is 1.22 bits per heavy atom. The Balaban J connectivity index is 0.00000162. The molecule has 5 nitrogen and oxygen atoms in total. The lowest BCUT2D eigenvalue weighted by Crippen LogP contribution is -2.01. The third-order valence-corrected chi connectivity index (χ3v) is 2.45. The molecular formula is C12H16ClN3O2. The first-order chi connectivity index (χ1) is 8.22. The van der Waals surface area contributed by atoms with Gasteiger partial charge in [-0.05, 0) is 17.7 Å². The van der Waals surface area contributed by atoms with Crippen molar-refractivity contribution in [1.82, 2.24) is 9.78 Å². The second-order valence-corrected chi connectivity index (χ2v) is 3.66. The molecule has 18 heavy (non-hydrogen) atoms. The molecule has 1 aromatic carbocycles. The van der Waals surface area contributed by atoms with E-state index in [2.05, 4.69) is 5.10 Å². The van der Waals surface area contributed by atoms with Crippen LogP contribution in [0.1, 0.15) is 5.56 Å². The molecule has 0 saturated carbocycles. The van der Waals surface area contributed by atoms with Crippen LogP contribution in [0.25, 0.3) is 0 Å². The summed E-state index contributed by atoms with van der Waals surface area (Å²) in [5.41, 5.74) is 7.34. The molecule has 1 heterocycles. The molecule has 0 saturated heterocycles. The fourth-order valence-electron chi connectivity index (χ4n) is 1.63. The molecule has 0 amide bonds. The standard InChI is InChI=1S/C12H15N3O2.ClH/c1-16-11-4-3-9(5-12(11)17-2)7-15-8-10(13)6-14-15;/h3-6,8H,7,13H2,1-2H3;1H. The Labute approximate surface area is 112 Å². The van der Waals surface area contributed by atoms with E-state index in [-0.39, 0.29) is 12.4 Å². The number of hydrogen-bond donors (Lipinski definition) is 1. The van der Waals surface area contributed by atoms with Crippen LogP contribution in [-0.4, -0.2) is 24.0 Å². The van der Waals surface area contributed by atoms with Crippen LogP contribution >= 0.6 is 12.4 Å². The number of nitrogens with zero attached hydrogens (tertiary/aromatic N) is 2. The molecule has 1 aromatic heterocycles. The van der Waals surface area contributed by atoms with Gasteiger partial charge in [-0.15, -0.1) is 12.4 Å². The molecule has 0 aliphatic rings. The molecular weight excluding hydrogens is 254 g/mol. The first-order valence-corrected chi connectivity index (χ1v) is 5.21. The highest BCUT2D eigenvalue weighted by Gasteiger charge is 2.05. The second kappa shape index (κ2) is 6.16. The number of anilines is 1. The minimum atomic E-state index is 0. The highest BCUT2D eigenvalue weighted by molar-refractivity contribution is 5.85. The van der Waals surface area contributed by atoms with Gasteiger partial charge < -0.3 is 15.2 Å². The van der Waals surface area contributed by atoms with Gasteiger partial charge in [-0.2, -0.15) is 5.10 Å². The highest BCUT2D eigenvalue weighted by atomic mass is 35.5. The van der Waals surface area contributed by atoms with Gasteiger partial charge >= 0.3 is 0 Å². The quantitative estimate of drug-likeness (QED) is 0.922. The molecule has 2 aromatic rings. The summed E-state index contributed by atoms with van der Waals surface area (Å²) in [4.78, 5) is 0. The molecule has 6 heteroatoms. The van der Waals surface area contributed by atoms with Crippen LogP contribution in [0.2, 0.25) is 0 Å². The lowest BCUT2D eigenvalue weighted by Gasteiger charge is -2.09. The normalized spacial score (nSPS) is 9.67. The monoisotopic (exact) mass is 269 g/mol. The first kappa shape index (κ1) is 14.2.